The Morgan fingerprint density at radius 3 is 2.16 bits per heavy atom. The number of hydrazone groups is 1. The van der Waals surface area contributed by atoms with Crippen LogP contribution in [0.2, 0.25) is 0 Å². The molecule has 0 atom stereocenters. The highest BCUT2D eigenvalue weighted by molar-refractivity contribution is 5.95. The van der Waals surface area contributed by atoms with Crippen molar-refractivity contribution < 1.29 is 9.18 Å². The molecule has 0 saturated carbocycles. The van der Waals surface area contributed by atoms with Gasteiger partial charge >= 0.3 is 0 Å². The number of carbonyl (C=O) groups excluding carboxylic acids is 1. The smallest absolute Gasteiger partial charge is 0.271 e. The molecule has 0 bridgehead atoms. The molecule has 0 saturated heterocycles. The zero-order chi connectivity index (χ0) is 17.8. The number of rotatable bonds is 4. The minimum absolute atomic E-state index is 0.300. The van der Waals surface area contributed by atoms with Gasteiger partial charge in [0.15, 0.2) is 0 Å². The van der Waals surface area contributed by atoms with E-state index in [0.717, 1.165) is 17.1 Å². The normalized spacial score (nSPS) is 11.0. The van der Waals surface area contributed by atoms with Crippen LogP contribution in [0.5, 0.6) is 0 Å². The van der Waals surface area contributed by atoms with Crippen LogP contribution in [0.3, 0.4) is 0 Å². The lowest BCUT2D eigenvalue weighted by atomic mass is 10.2. The fourth-order valence-corrected chi connectivity index (χ4v) is 2.62. The zero-order valence-corrected chi connectivity index (χ0v) is 14.0. The molecular formula is C20H18FN3O. The van der Waals surface area contributed by atoms with E-state index in [1.165, 1.54) is 18.3 Å². The number of halogens is 1. The van der Waals surface area contributed by atoms with E-state index in [-0.39, 0.29) is 11.7 Å². The third-order valence-electron chi connectivity index (χ3n) is 3.91. The summed E-state index contributed by atoms with van der Waals surface area (Å²) in [5.74, 6) is -0.611. The molecule has 0 spiro atoms. The van der Waals surface area contributed by atoms with Crippen LogP contribution in [0.15, 0.2) is 65.8 Å². The van der Waals surface area contributed by atoms with Crippen molar-refractivity contribution in [2.45, 2.75) is 13.8 Å². The minimum Gasteiger partial charge on any atom is -0.319 e. The first-order valence-corrected chi connectivity index (χ1v) is 7.89. The van der Waals surface area contributed by atoms with E-state index in [9.17, 15) is 9.18 Å². The second kappa shape index (κ2) is 7.13. The summed E-state index contributed by atoms with van der Waals surface area (Å²) in [5, 5.41) is 3.90. The van der Waals surface area contributed by atoms with E-state index in [1.807, 2.05) is 26.0 Å². The molecule has 0 unspecified atom stereocenters. The Morgan fingerprint density at radius 1 is 0.960 bits per heavy atom. The van der Waals surface area contributed by atoms with Gasteiger partial charge in [-0.15, -0.1) is 0 Å². The maximum absolute atomic E-state index is 12.8. The zero-order valence-electron chi connectivity index (χ0n) is 14.0. The summed E-state index contributed by atoms with van der Waals surface area (Å²) in [6.45, 7) is 4.08. The van der Waals surface area contributed by atoms with E-state index in [1.54, 1.807) is 24.3 Å². The predicted molar refractivity (Wildman–Crippen MR) is 96.7 cm³/mol. The third-order valence-corrected chi connectivity index (χ3v) is 3.91. The molecule has 1 aromatic heterocycles. The quantitative estimate of drug-likeness (QED) is 0.568. The molecule has 0 aliphatic rings. The summed E-state index contributed by atoms with van der Waals surface area (Å²) < 4.78 is 14.9. The molecule has 1 heterocycles. The van der Waals surface area contributed by atoms with E-state index >= 15 is 0 Å². The third kappa shape index (κ3) is 3.83. The van der Waals surface area contributed by atoms with Crippen molar-refractivity contribution in [3.05, 3.63) is 89.0 Å². The fourth-order valence-electron chi connectivity index (χ4n) is 2.62. The van der Waals surface area contributed by atoms with Crippen LogP contribution >= 0.6 is 0 Å². The predicted octanol–water partition coefficient (Wildman–Crippen LogP) is 4.00. The van der Waals surface area contributed by atoms with Gasteiger partial charge in [0.2, 0.25) is 0 Å². The van der Waals surface area contributed by atoms with Crippen molar-refractivity contribution in [2.75, 3.05) is 0 Å². The van der Waals surface area contributed by atoms with Crippen molar-refractivity contribution in [2.24, 2.45) is 5.10 Å². The fraction of sp³-hybridized carbons (Fsp3) is 0.100. The van der Waals surface area contributed by atoms with E-state index in [2.05, 4.69) is 27.2 Å². The summed E-state index contributed by atoms with van der Waals surface area (Å²) in [5.41, 5.74) is 6.97. The maximum atomic E-state index is 12.8. The number of hydrogen-bond donors (Lipinski definition) is 1. The van der Waals surface area contributed by atoms with Crippen LogP contribution in [-0.2, 0) is 0 Å². The summed E-state index contributed by atoms with van der Waals surface area (Å²) in [4.78, 5) is 12.1. The number of aromatic nitrogens is 1. The van der Waals surface area contributed by atoms with Gasteiger partial charge in [0.1, 0.15) is 5.82 Å². The van der Waals surface area contributed by atoms with Gasteiger partial charge < -0.3 is 4.57 Å². The van der Waals surface area contributed by atoms with Gasteiger partial charge in [-0.05, 0) is 67.9 Å². The molecule has 0 aliphatic heterocycles. The highest BCUT2D eigenvalue weighted by Crippen LogP contribution is 2.16. The van der Waals surface area contributed by atoms with Crippen LogP contribution in [0.1, 0.15) is 27.3 Å². The summed E-state index contributed by atoms with van der Waals surface area (Å²) in [6, 6.07) is 17.3. The number of carbonyl (C=O) groups is 1. The van der Waals surface area contributed by atoms with Gasteiger partial charge in [-0.3, -0.25) is 4.79 Å². The summed E-state index contributed by atoms with van der Waals surface area (Å²) >= 11 is 0. The molecule has 5 heteroatoms. The average Bonchev–Trinajstić information content (AvgIpc) is 2.95. The average molecular weight is 335 g/mol. The van der Waals surface area contributed by atoms with Crippen molar-refractivity contribution >= 4 is 12.1 Å². The number of nitrogens with zero attached hydrogens (tertiary/aromatic N) is 2. The Balaban J connectivity index is 1.68. The first-order valence-electron chi connectivity index (χ1n) is 7.89. The molecule has 1 amide bonds. The Labute approximate surface area is 145 Å². The van der Waals surface area contributed by atoms with E-state index in [0.29, 0.717) is 11.1 Å². The van der Waals surface area contributed by atoms with Crippen LogP contribution in [0.25, 0.3) is 5.69 Å². The van der Waals surface area contributed by atoms with Crippen LogP contribution in [0.4, 0.5) is 4.39 Å². The van der Waals surface area contributed by atoms with E-state index in [4.69, 9.17) is 0 Å². The van der Waals surface area contributed by atoms with Crippen molar-refractivity contribution in [1.29, 1.82) is 0 Å². The lowest BCUT2D eigenvalue weighted by molar-refractivity contribution is 0.0955. The molecule has 1 N–H and O–H groups in total. The molecule has 126 valence electrons. The molecule has 0 aliphatic carbocycles. The second-order valence-electron chi connectivity index (χ2n) is 5.75. The van der Waals surface area contributed by atoms with Gasteiger partial charge in [-0.25, -0.2) is 9.82 Å². The van der Waals surface area contributed by atoms with Gasteiger partial charge in [0.05, 0.1) is 6.21 Å². The van der Waals surface area contributed by atoms with Gasteiger partial charge in [-0.2, -0.15) is 5.10 Å². The van der Waals surface area contributed by atoms with Crippen LogP contribution in [-0.4, -0.2) is 16.7 Å². The minimum atomic E-state index is -0.311. The molecule has 0 radical (unpaired) electrons. The SMILES string of the molecule is Cc1ccc(C)n1-c1ccc(C(=O)N/N=C/c2ccc(F)cc2)cc1. The Kier molecular flexibility index (Phi) is 4.75. The Morgan fingerprint density at radius 2 is 1.56 bits per heavy atom. The monoisotopic (exact) mass is 335 g/mol. The van der Waals surface area contributed by atoms with Crippen molar-refractivity contribution in [3.63, 3.8) is 0 Å². The molecule has 0 fully saturated rings. The Hall–Kier alpha value is -3.21. The second-order valence-corrected chi connectivity index (χ2v) is 5.75. The first kappa shape index (κ1) is 16.6. The standard InChI is InChI=1S/C20H18FN3O/c1-14-3-4-15(2)24(14)19-11-7-17(8-12-19)20(25)23-22-13-16-5-9-18(21)10-6-16/h3-13H,1-2H3,(H,23,25)/b22-13+. The van der Waals surface area contributed by atoms with Crippen molar-refractivity contribution in [3.8, 4) is 5.69 Å². The number of hydrogen-bond acceptors (Lipinski definition) is 2. The van der Waals surface area contributed by atoms with Gasteiger partial charge in [0, 0.05) is 22.6 Å². The molecular weight excluding hydrogens is 317 g/mol. The van der Waals surface area contributed by atoms with Gasteiger partial charge in [-0.1, -0.05) is 12.1 Å². The first-order chi connectivity index (χ1) is 12.0. The highest BCUT2D eigenvalue weighted by Gasteiger charge is 2.07. The lowest BCUT2D eigenvalue weighted by Crippen LogP contribution is -2.17. The number of aryl methyl sites for hydroxylation is 2. The topological polar surface area (TPSA) is 46.4 Å². The van der Waals surface area contributed by atoms with E-state index < -0.39 is 0 Å². The lowest BCUT2D eigenvalue weighted by Gasteiger charge is -2.10. The molecule has 4 nitrogen and oxygen atoms in total. The summed E-state index contributed by atoms with van der Waals surface area (Å²) in [6.07, 6.45) is 1.47. The molecule has 3 rings (SSSR count). The van der Waals surface area contributed by atoms with Crippen LogP contribution < -0.4 is 5.43 Å². The number of benzene rings is 2. The molecule has 2 aromatic carbocycles. The van der Waals surface area contributed by atoms with Crippen LogP contribution in [0, 0.1) is 19.7 Å². The molecule has 25 heavy (non-hydrogen) atoms. The summed E-state index contributed by atoms with van der Waals surface area (Å²) in [7, 11) is 0. The van der Waals surface area contributed by atoms with Crippen molar-refractivity contribution in [1.82, 2.24) is 9.99 Å². The highest BCUT2D eigenvalue weighted by atomic mass is 19.1. The molecule has 3 aromatic rings. The number of amides is 1. The largest absolute Gasteiger partial charge is 0.319 e. The van der Waals surface area contributed by atoms with Gasteiger partial charge in [0.25, 0.3) is 5.91 Å². The Bertz CT molecular complexity index is 890. The number of nitrogens with one attached hydrogen (secondary N) is 1. The maximum Gasteiger partial charge on any atom is 0.271 e.